The first kappa shape index (κ1) is 26.3. The van der Waals surface area contributed by atoms with Gasteiger partial charge in [0, 0.05) is 27.8 Å². The van der Waals surface area contributed by atoms with Crippen molar-refractivity contribution in [1.29, 1.82) is 0 Å². The molecule has 0 aliphatic heterocycles. The molecule has 2 nitrogen and oxygen atoms in total. The molecule has 9 aromatic rings. The number of anilines is 3. The maximum absolute atomic E-state index is 6.23. The molecule has 8 aromatic carbocycles. The Kier molecular flexibility index (Phi) is 6.17. The van der Waals surface area contributed by atoms with Crippen molar-refractivity contribution < 1.29 is 4.42 Å². The maximum Gasteiger partial charge on any atom is 0.136 e. The van der Waals surface area contributed by atoms with Crippen LogP contribution in [0.1, 0.15) is 0 Å². The number of hydrogen-bond donors (Lipinski definition) is 0. The molecule has 0 atom stereocenters. The Labute approximate surface area is 267 Å². The molecule has 1 aromatic heterocycles. The lowest BCUT2D eigenvalue weighted by molar-refractivity contribution is 0.669. The summed E-state index contributed by atoms with van der Waals surface area (Å²) in [5, 5.41) is 7.10. The highest BCUT2D eigenvalue weighted by Crippen LogP contribution is 2.42. The molecule has 0 N–H and O–H groups in total. The summed E-state index contributed by atoms with van der Waals surface area (Å²) in [7, 11) is 0. The van der Waals surface area contributed by atoms with Gasteiger partial charge in [0.2, 0.25) is 0 Å². The van der Waals surface area contributed by atoms with Gasteiger partial charge in [0.1, 0.15) is 11.2 Å². The third-order valence-electron chi connectivity index (χ3n) is 9.02. The molecule has 0 spiro atoms. The molecular formula is C44H29NO. The van der Waals surface area contributed by atoms with Gasteiger partial charge in [-0.15, -0.1) is 0 Å². The van der Waals surface area contributed by atoms with Crippen LogP contribution in [0.5, 0.6) is 0 Å². The van der Waals surface area contributed by atoms with Crippen LogP contribution in [0.15, 0.2) is 180 Å². The first-order valence-electron chi connectivity index (χ1n) is 15.7. The van der Waals surface area contributed by atoms with Crippen molar-refractivity contribution in [3.8, 4) is 22.3 Å². The van der Waals surface area contributed by atoms with Gasteiger partial charge in [-0.25, -0.2) is 0 Å². The summed E-state index contributed by atoms with van der Waals surface area (Å²) in [4.78, 5) is 2.37. The predicted octanol–water partition coefficient (Wildman–Crippen LogP) is 12.7. The zero-order chi connectivity index (χ0) is 30.5. The standard InChI is InChI=1S/C44H29NO/c1-4-12-30(13-5-1)37-25-24-36(27-39(37)31-14-6-2-7-15-31)45(34-16-8-3-9-17-34)35-23-22-32-20-21-33-26-44-42(29-41(33)40(32)28-35)38-18-10-11-19-43(38)46-44/h1-29H. The van der Waals surface area contributed by atoms with Gasteiger partial charge in [0.25, 0.3) is 0 Å². The number of benzene rings is 8. The van der Waals surface area contributed by atoms with Crippen molar-refractivity contribution >= 4 is 60.5 Å². The van der Waals surface area contributed by atoms with Crippen LogP contribution in [0.4, 0.5) is 17.1 Å². The fourth-order valence-electron chi connectivity index (χ4n) is 6.82. The summed E-state index contributed by atoms with van der Waals surface area (Å²) < 4.78 is 6.23. The van der Waals surface area contributed by atoms with Gasteiger partial charge in [-0.2, -0.15) is 0 Å². The van der Waals surface area contributed by atoms with Crippen LogP contribution < -0.4 is 4.90 Å². The SMILES string of the molecule is c1ccc(-c2ccc(N(c3ccccc3)c3ccc4ccc5cc6oc7ccccc7c6cc5c4c3)cc2-c2ccccc2)cc1. The molecule has 0 unspecified atom stereocenters. The molecule has 0 aliphatic rings. The Morgan fingerprint density at radius 2 is 0.913 bits per heavy atom. The molecule has 0 saturated carbocycles. The van der Waals surface area contributed by atoms with Crippen LogP contribution in [-0.4, -0.2) is 0 Å². The second kappa shape index (κ2) is 10.8. The summed E-state index contributed by atoms with van der Waals surface area (Å²) in [5.74, 6) is 0. The van der Waals surface area contributed by atoms with E-state index < -0.39 is 0 Å². The number of para-hydroxylation sites is 2. The lowest BCUT2D eigenvalue weighted by Crippen LogP contribution is -2.10. The van der Waals surface area contributed by atoms with Gasteiger partial charge in [0.05, 0.1) is 0 Å². The van der Waals surface area contributed by atoms with Crippen molar-refractivity contribution in [3.63, 3.8) is 0 Å². The summed E-state index contributed by atoms with van der Waals surface area (Å²) in [5.41, 5.74) is 9.96. The molecule has 1 heterocycles. The van der Waals surface area contributed by atoms with Gasteiger partial charge in [0.15, 0.2) is 0 Å². The Morgan fingerprint density at radius 3 is 1.70 bits per heavy atom. The van der Waals surface area contributed by atoms with Crippen molar-refractivity contribution in [2.24, 2.45) is 0 Å². The molecular weight excluding hydrogens is 558 g/mol. The third kappa shape index (κ3) is 4.43. The molecule has 0 aliphatic carbocycles. The minimum atomic E-state index is 0.918. The Balaban J connectivity index is 1.27. The minimum Gasteiger partial charge on any atom is -0.456 e. The molecule has 2 heteroatoms. The zero-order valence-electron chi connectivity index (χ0n) is 25.1. The van der Waals surface area contributed by atoms with E-state index in [1.807, 2.05) is 12.1 Å². The third-order valence-corrected chi connectivity index (χ3v) is 9.02. The molecule has 9 rings (SSSR count). The molecule has 46 heavy (non-hydrogen) atoms. The number of furan rings is 1. The number of rotatable bonds is 5. The van der Waals surface area contributed by atoms with Crippen LogP contribution >= 0.6 is 0 Å². The van der Waals surface area contributed by atoms with E-state index in [4.69, 9.17) is 4.42 Å². The van der Waals surface area contributed by atoms with Gasteiger partial charge < -0.3 is 9.32 Å². The van der Waals surface area contributed by atoms with E-state index in [-0.39, 0.29) is 0 Å². The number of fused-ring (bicyclic) bond motifs is 6. The quantitative estimate of drug-likeness (QED) is 0.186. The van der Waals surface area contributed by atoms with Crippen LogP contribution in [-0.2, 0) is 0 Å². The van der Waals surface area contributed by atoms with Gasteiger partial charge in [-0.05, 0) is 98.4 Å². The zero-order valence-corrected chi connectivity index (χ0v) is 25.1. The molecule has 0 fully saturated rings. The molecule has 0 saturated heterocycles. The normalized spacial score (nSPS) is 11.5. The second-order valence-electron chi connectivity index (χ2n) is 11.8. The fraction of sp³-hybridized carbons (Fsp3) is 0. The van der Waals surface area contributed by atoms with Crippen molar-refractivity contribution in [1.82, 2.24) is 0 Å². The largest absolute Gasteiger partial charge is 0.456 e. The summed E-state index contributed by atoms with van der Waals surface area (Å²) >= 11 is 0. The van der Waals surface area contributed by atoms with E-state index >= 15 is 0 Å². The minimum absolute atomic E-state index is 0.918. The smallest absolute Gasteiger partial charge is 0.136 e. The Bertz CT molecular complexity index is 2510. The highest BCUT2D eigenvalue weighted by atomic mass is 16.3. The first-order chi connectivity index (χ1) is 22.8. The lowest BCUT2D eigenvalue weighted by atomic mass is 9.93. The van der Waals surface area contributed by atoms with Crippen LogP contribution in [0.2, 0.25) is 0 Å². The summed E-state index contributed by atoms with van der Waals surface area (Å²) in [6.07, 6.45) is 0. The lowest BCUT2D eigenvalue weighted by Gasteiger charge is -2.27. The van der Waals surface area contributed by atoms with Gasteiger partial charge >= 0.3 is 0 Å². The average Bonchev–Trinajstić information content (AvgIpc) is 3.49. The van der Waals surface area contributed by atoms with E-state index in [9.17, 15) is 0 Å². The first-order valence-corrected chi connectivity index (χ1v) is 15.7. The predicted molar refractivity (Wildman–Crippen MR) is 194 cm³/mol. The van der Waals surface area contributed by atoms with E-state index in [1.54, 1.807) is 0 Å². The number of hydrogen-bond acceptors (Lipinski definition) is 2. The molecule has 0 bridgehead atoms. The molecule has 0 amide bonds. The van der Waals surface area contributed by atoms with E-state index in [0.717, 1.165) is 39.0 Å². The highest BCUT2D eigenvalue weighted by molar-refractivity contribution is 6.17. The number of nitrogens with zero attached hydrogens (tertiary/aromatic N) is 1. The Hall–Kier alpha value is -6.12. The van der Waals surface area contributed by atoms with Crippen molar-refractivity contribution in [3.05, 3.63) is 176 Å². The maximum atomic E-state index is 6.23. The second-order valence-corrected chi connectivity index (χ2v) is 11.8. The van der Waals surface area contributed by atoms with Gasteiger partial charge in [-0.1, -0.05) is 121 Å². The van der Waals surface area contributed by atoms with E-state index in [0.29, 0.717) is 0 Å². The van der Waals surface area contributed by atoms with Crippen molar-refractivity contribution in [2.45, 2.75) is 0 Å². The average molecular weight is 588 g/mol. The van der Waals surface area contributed by atoms with E-state index in [2.05, 4.69) is 169 Å². The monoisotopic (exact) mass is 587 g/mol. The van der Waals surface area contributed by atoms with Crippen molar-refractivity contribution in [2.75, 3.05) is 4.90 Å². The topological polar surface area (TPSA) is 16.4 Å². The van der Waals surface area contributed by atoms with Gasteiger partial charge in [-0.3, -0.25) is 0 Å². The van der Waals surface area contributed by atoms with Crippen LogP contribution in [0.25, 0.3) is 65.7 Å². The van der Waals surface area contributed by atoms with Crippen LogP contribution in [0.3, 0.4) is 0 Å². The van der Waals surface area contributed by atoms with E-state index in [1.165, 1.54) is 43.8 Å². The molecule has 0 radical (unpaired) electrons. The fourth-order valence-corrected chi connectivity index (χ4v) is 6.82. The highest BCUT2D eigenvalue weighted by Gasteiger charge is 2.17. The summed E-state index contributed by atoms with van der Waals surface area (Å²) in [6, 6.07) is 62.8. The Morgan fingerprint density at radius 1 is 0.326 bits per heavy atom. The summed E-state index contributed by atoms with van der Waals surface area (Å²) in [6.45, 7) is 0. The van der Waals surface area contributed by atoms with Crippen LogP contribution in [0, 0.1) is 0 Å². The molecule has 216 valence electrons.